The quantitative estimate of drug-likeness (QED) is 0.895. The number of nitrogens with one attached hydrogen (secondary N) is 1. The van der Waals surface area contributed by atoms with Crippen LogP contribution >= 0.6 is 0 Å². The average molecular weight is 241 g/mol. The van der Waals surface area contributed by atoms with Crippen LogP contribution in [0.15, 0.2) is 30.5 Å². The number of hydrogen-bond donors (Lipinski definition) is 1. The zero-order chi connectivity index (χ0) is 12.5. The van der Waals surface area contributed by atoms with Crippen molar-refractivity contribution in [3.63, 3.8) is 0 Å². The van der Waals surface area contributed by atoms with Gasteiger partial charge in [-0.15, -0.1) is 0 Å². The van der Waals surface area contributed by atoms with E-state index in [9.17, 15) is 0 Å². The summed E-state index contributed by atoms with van der Waals surface area (Å²) >= 11 is 0. The SMILES string of the molecule is CCNC1CCc2c(-c3ccn(C)n3)cccc21. The number of hydrogen-bond acceptors (Lipinski definition) is 2. The molecule has 1 aliphatic carbocycles. The summed E-state index contributed by atoms with van der Waals surface area (Å²) < 4.78 is 1.87. The molecular formula is C15H19N3. The minimum absolute atomic E-state index is 0.522. The highest BCUT2D eigenvalue weighted by Crippen LogP contribution is 2.36. The molecule has 3 rings (SSSR count). The van der Waals surface area contributed by atoms with Crippen LogP contribution in [-0.2, 0) is 13.5 Å². The highest BCUT2D eigenvalue weighted by molar-refractivity contribution is 5.66. The number of aryl methyl sites for hydroxylation is 1. The van der Waals surface area contributed by atoms with Crippen LogP contribution in [0.3, 0.4) is 0 Å². The first-order valence-electron chi connectivity index (χ1n) is 6.64. The van der Waals surface area contributed by atoms with Gasteiger partial charge in [0, 0.05) is 24.8 Å². The van der Waals surface area contributed by atoms with Crippen molar-refractivity contribution < 1.29 is 0 Å². The predicted molar refractivity (Wildman–Crippen MR) is 73.4 cm³/mol. The van der Waals surface area contributed by atoms with Crippen LogP contribution in [0.4, 0.5) is 0 Å². The second-order valence-electron chi connectivity index (χ2n) is 4.90. The Morgan fingerprint density at radius 3 is 3.00 bits per heavy atom. The minimum Gasteiger partial charge on any atom is -0.310 e. The van der Waals surface area contributed by atoms with Gasteiger partial charge in [-0.3, -0.25) is 4.68 Å². The van der Waals surface area contributed by atoms with Crippen molar-refractivity contribution in [1.82, 2.24) is 15.1 Å². The first kappa shape index (κ1) is 11.5. The van der Waals surface area contributed by atoms with Gasteiger partial charge in [-0.25, -0.2) is 0 Å². The van der Waals surface area contributed by atoms with Gasteiger partial charge >= 0.3 is 0 Å². The van der Waals surface area contributed by atoms with Crippen LogP contribution in [0.2, 0.25) is 0 Å². The molecule has 3 heteroatoms. The highest BCUT2D eigenvalue weighted by Gasteiger charge is 2.24. The van der Waals surface area contributed by atoms with Gasteiger partial charge in [-0.05, 0) is 36.6 Å². The summed E-state index contributed by atoms with van der Waals surface area (Å²) in [7, 11) is 1.97. The third kappa shape index (κ3) is 1.85. The van der Waals surface area contributed by atoms with Crippen molar-refractivity contribution in [2.45, 2.75) is 25.8 Å². The van der Waals surface area contributed by atoms with Crippen LogP contribution in [0.25, 0.3) is 11.3 Å². The van der Waals surface area contributed by atoms with Crippen molar-refractivity contribution in [3.05, 3.63) is 41.6 Å². The Kier molecular flexibility index (Phi) is 2.92. The van der Waals surface area contributed by atoms with Gasteiger partial charge in [0.1, 0.15) is 0 Å². The predicted octanol–water partition coefficient (Wildman–Crippen LogP) is 2.68. The van der Waals surface area contributed by atoms with Crippen molar-refractivity contribution >= 4 is 0 Å². The Morgan fingerprint density at radius 2 is 2.28 bits per heavy atom. The monoisotopic (exact) mass is 241 g/mol. The van der Waals surface area contributed by atoms with Gasteiger partial charge in [0.15, 0.2) is 0 Å². The Morgan fingerprint density at radius 1 is 1.39 bits per heavy atom. The smallest absolute Gasteiger partial charge is 0.0925 e. The highest BCUT2D eigenvalue weighted by atomic mass is 15.2. The molecule has 1 aromatic carbocycles. The third-order valence-electron chi connectivity index (χ3n) is 3.71. The molecule has 1 aliphatic rings. The fourth-order valence-corrected chi connectivity index (χ4v) is 2.91. The maximum atomic E-state index is 4.53. The second-order valence-corrected chi connectivity index (χ2v) is 4.90. The zero-order valence-electron chi connectivity index (χ0n) is 11.0. The summed E-state index contributed by atoms with van der Waals surface area (Å²) in [6, 6.07) is 9.21. The molecule has 0 saturated heterocycles. The van der Waals surface area contributed by atoms with Gasteiger partial charge in [-0.2, -0.15) is 5.10 Å². The molecule has 0 fully saturated rings. The molecule has 3 nitrogen and oxygen atoms in total. The lowest BCUT2D eigenvalue weighted by Gasteiger charge is -2.13. The lowest BCUT2D eigenvalue weighted by Crippen LogP contribution is -2.18. The zero-order valence-corrected chi connectivity index (χ0v) is 11.0. The van der Waals surface area contributed by atoms with Gasteiger partial charge < -0.3 is 5.32 Å². The molecule has 94 valence electrons. The molecular weight excluding hydrogens is 222 g/mol. The molecule has 0 bridgehead atoms. The number of fused-ring (bicyclic) bond motifs is 1. The standard InChI is InChI=1S/C15H19N3/c1-3-16-14-8-7-11-12(14)5-4-6-13(11)15-9-10-18(2)17-15/h4-6,9-10,14,16H,3,7-8H2,1-2H3. The fraction of sp³-hybridized carbons (Fsp3) is 0.400. The Labute approximate surface area is 108 Å². The molecule has 1 N–H and O–H groups in total. The summed E-state index contributed by atoms with van der Waals surface area (Å²) in [6.45, 7) is 3.19. The van der Waals surface area contributed by atoms with Crippen LogP contribution in [0.5, 0.6) is 0 Å². The first-order chi connectivity index (χ1) is 8.79. The number of nitrogens with zero attached hydrogens (tertiary/aromatic N) is 2. The average Bonchev–Trinajstić information content (AvgIpc) is 2.97. The van der Waals surface area contributed by atoms with Crippen LogP contribution in [0, 0.1) is 0 Å². The molecule has 0 radical (unpaired) electrons. The molecule has 1 aromatic heterocycles. The van der Waals surface area contributed by atoms with Crippen molar-refractivity contribution in [1.29, 1.82) is 0 Å². The molecule has 0 spiro atoms. The second kappa shape index (κ2) is 4.58. The van der Waals surface area contributed by atoms with E-state index in [1.807, 2.05) is 17.9 Å². The number of benzene rings is 1. The molecule has 1 atom stereocenters. The normalized spacial score (nSPS) is 18.0. The van der Waals surface area contributed by atoms with E-state index in [-0.39, 0.29) is 0 Å². The lowest BCUT2D eigenvalue weighted by molar-refractivity contribution is 0.549. The summed E-state index contributed by atoms with van der Waals surface area (Å²) in [6.07, 6.45) is 4.36. The van der Waals surface area contributed by atoms with Gasteiger partial charge in [0.2, 0.25) is 0 Å². The van der Waals surface area contributed by atoms with Gasteiger partial charge in [0.25, 0.3) is 0 Å². The minimum atomic E-state index is 0.522. The Hall–Kier alpha value is -1.61. The van der Waals surface area contributed by atoms with E-state index in [4.69, 9.17) is 0 Å². The molecule has 0 amide bonds. The Balaban J connectivity index is 2.03. The summed E-state index contributed by atoms with van der Waals surface area (Å²) in [5, 5.41) is 8.08. The molecule has 0 saturated carbocycles. The maximum Gasteiger partial charge on any atom is 0.0925 e. The molecule has 1 heterocycles. The van der Waals surface area contributed by atoms with Gasteiger partial charge in [-0.1, -0.05) is 25.1 Å². The van der Waals surface area contributed by atoms with Crippen LogP contribution in [-0.4, -0.2) is 16.3 Å². The van der Waals surface area contributed by atoms with Crippen molar-refractivity contribution in [2.24, 2.45) is 7.05 Å². The van der Waals surface area contributed by atoms with E-state index in [1.54, 1.807) is 0 Å². The summed E-state index contributed by atoms with van der Waals surface area (Å²) in [5.41, 5.74) is 5.32. The summed E-state index contributed by atoms with van der Waals surface area (Å²) in [4.78, 5) is 0. The largest absolute Gasteiger partial charge is 0.310 e. The topological polar surface area (TPSA) is 29.9 Å². The van der Waals surface area contributed by atoms with E-state index in [2.05, 4.69) is 41.6 Å². The molecule has 2 aromatic rings. The van der Waals surface area contributed by atoms with E-state index in [1.165, 1.54) is 23.1 Å². The maximum absolute atomic E-state index is 4.53. The third-order valence-corrected chi connectivity index (χ3v) is 3.71. The van der Waals surface area contributed by atoms with E-state index < -0.39 is 0 Å². The number of rotatable bonds is 3. The Bertz CT molecular complexity index is 557. The lowest BCUT2D eigenvalue weighted by atomic mass is 10.00. The summed E-state index contributed by atoms with van der Waals surface area (Å²) in [5.74, 6) is 0. The molecule has 0 aliphatic heterocycles. The van der Waals surface area contributed by atoms with E-state index in [0.717, 1.165) is 18.7 Å². The van der Waals surface area contributed by atoms with E-state index >= 15 is 0 Å². The van der Waals surface area contributed by atoms with Gasteiger partial charge in [0.05, 0.1) is 5.69 Å². The number of aromatic nitrogens is 2. The molecule has 1 unspecified atom stereocenters. The first-order valence-corrected chi connectivity index (χ1v) is 6.64. The molecule has 18 heavy (non-hydrogen) atoms. The fourth-order valence-electron chi connectivity index (χ4n) is 2.91. The van der Waals surface area contributed by atoms with E-state index in [0.29, 0.717) is 6.04 Å². The van der Waals surface area contributed by atoms with Crippen molar-refractivity contribution in [3.8, 4) is 11.3 Å². The van der Waals surface area contributed by atoms with Crippen molar-refractivity contribution in [2.75, 3.05) is 6.54 Å². The van der Waals surface area contributed by atoms with Crippen LogP contribution < -0.4 is 5.32 Å². The van der Waals surface area contributed by atoms with Crippen LogP contribution in [0.1, 0.15) is 30.5 Å².